The van der Waals surface area contributed by atoms with Crippen molar-refractivity contribution in [3.8, 4) is 11.5 Å². The first-order chi connectivity index (χ1) is 12.3. The number of carbonyl (C=O) groups is 1. The highest BCUT2D eigenvalue weighted by Crippen LogP contribution is 2.30. The van der Waals surface area contributed by atoms with E-state index in [1.165, 1.54) is 0 Å². The van der Waals surface area contributed by atoms with Crippen LogP contribution in [0.4, 0.5) is 4.79 Å². The lowest BCUT2D eigenvalue weighted by molar-refractivity contribution is 0.0206. The van der Waals surface area contributed by atoms with Gasteiger partial charge in [0.05, 0.1) is 0 Å². The van der Waals surface area contributed by atoms with Crippen LogP contribution in [-0.2, 0) is 4.74 Å². The highest BCUT2D eigenvalue weighted by molar-refractivity contribution is 14.1. The lowest BCUT2D eigenvalue weighted by Crippen LogP contribution is -2.26. The predicted octanol–water partition coefficient (Wildman–Crippen LogP) is 6.25. The number of alkyl halides is 1. The SMILES string of the molecule is Cc1cc(OC(=O)OC(C)(C)C)ccc1O[C@H](CCI)c1ccccc1. The fraction of sp³-hybridized carbons (Fsp3) is 0.381. The summed E-state index contributed by atoms with van der Waals surface area (Å²) in [6.45, 7) is 7.33. The number of halogens is 1. The fourth-order valence-electron chi connectivity index (χ4n) is 2.40. The molecule has 0 bridgehead atoms. The number of rotatable bonds is 6. The van der Waals surface area contributed by atoms with Gasteiger partial charge in [-0.05, 0) is 63.4 Å². The smallest absolute Gasteiger partial charge is 0.485 e. The van der Waals surface area contributed by atoms with Gasteiger partial charge in [0.2, 0.25) is 0 Å². The van der Waals surface area contributed by atoms with E-state index in [1.807, 2.05) is 31.2 Å². The standard InChI is InChI=1S/C21H25IO4/c1-15-14-17(24-20(23)26-21(2,3)4)10-11-18(15)25-19(12-13-22)16-8-6-5-7-9-16/h5-11,14,19H,12-13H2,1-4H3/t19-/m1/s1. The van der Waals surface area contributed by atoms with Crippen LogP contribution in [0.5, 0.6) is 11.5 Å². The topological polar surface area (TPSA) is 44.8 Å². The highest BCUT2D eigenvalue weighted by atomic mass is 127. The summed E-state index contributed by atoms with van der Waals surface area (Å²) in [6.07, 6.45) is 0.197. The zero-order chi connectivity index (χ0) is 19.2. The van der Waals surface area contributed by atoms with Crippen LogP contribution >= 0.6 is 22.6 Å². The van der Waals surface area contributed by atoms with Crippen molar-refractivity contribution in [2.24, 2.45) is 0 Å². The molecule has 140 valence electrons. The number of aryl methyl sites for hydroxylation is 1. The maximum Gasteiger partial charge on any atom is 0.514 e. The van der Waals surface area contributed by atoms with Gasteiger partial charge in [-0.1, -0.05) is 52.9 Å². The molecular formula is C21H25IO4. The molecule has 2 rings (SSSR count). The van der Waals surface area contributed by atoms with Gasteiger partial charge in [0, 0.05) is 4.43 Å². The highest BCUT2D eigenvalue weighted by Gasteiger charge is 2.19. The molecule has 2 aromatic carbocycles. The summed E-state index contributed by atoms with van der Waals surface area (Å²) in [5.41, 5.74) is 1.47. The first-order valence-electron chi connectivity index (χ1n) is 8.57. The first-order valence-corrected chi connectivity index (χ1v) is 10.1. The Kier molecular flexibility index (Phi) is 7.32. The number of ether oxygens (including phenoxy) is 3. The van der Waals surface area contributed by atoms with Gasteiger partial charge < -0.3 is 14.2 Å². The normalized spacial score (nSPS) is 12.3. The lowest BCUT2D eigenvalue weighted by atomic mass is 10.1. The minimum atomic E-state index is -0.711. The second-order valence-electron chi connectivity index (χ2n) is 6.99. The Hall–Kier alpha value is -1.76. The zero-order valence-electron chi connectivity index (χ0n) is 15.6. The van der Waals surface area contributed by atoms with Crippen molar-refractivity contribution in [3.05, 3.63) is 59.7 Å². The molecule has 0 aliphatic rings. The average Bonchev–Trinajstić information content (AvgIpc) is 2.55. The van der Waals surface area contributed by atoms with E-state index >= 15 is 0 Å². The van der Waals surface area contributed by atoms with Crippen molar-refractivity contribution in [2.75, 3.05) is 4.43 Å². The first kappa shape index (κ1) is 20.6. The molecule has 0 saturated carbocycles. The summed E-state index contributed by atoms with van der Waals surface area (Å²) in [6, 6.07) is 15.5. The van der Waals surface area contributed by atoms with E-state index in [9.17, 15) is 4.79 Å². The summed E-state index contributed by atoms with van der Waals surface area (Å²) < 4.78 is 17.7. The molecular weight excluding hydrogens is 443 g/mol. The maximum atomic E-state index is 11.8. The minimum absolute atomic E-state index is 0.00979. The van der Waals surface area contributed by atoms with Crippen LogP contribution in [0.25, 0.3) is 0 Å². The van der Waals surface area contributed by atoms with Crippen LogP contribution in [0.3, 0.4) is 0 Å². The van der Waals surface area contributed by atoms with Gasteiger partial charge in [-0.3, -0.25) is 0 Å². The van der Waals surface area contributed by atoms with Crippen molar-refractivity contribution < 1.29 is 19.0 Å². The molecule has 0 amide bonds. The molecule has 0 aliphatic carbocycles. The molecule has 5 heteroatoms. The van der Waals surface area contributed by atoms with Crippen molar-refractivity contribution in [2.45, 2.75) is 45.8 Å². The van der Waals surface area contributed by atoms with Crippen molar-refractivity contribution >= 4 is 28.7 Å². The maximum absolute atomic E-state index is 11.8. The number of benzene rings is 2. The van der Waals surface area contributed by atoms with E-state index in [-0.39, 0.29) is 6.10 Å². The molecule has 0 fully saturated rings. The quantitative estimate of drug-likeness (QED) is 0.218. The van der Waals surface area contributed by atoms with Gasteiger partial charge in [-0.25, -0.2) is 4.79 Å². The number of hydrogen-bond donors (Lipinski definition) is 0. The van der Waals surface area contributed by atoms with Crippen LogP contribution in [0, 0.1) is 6.92 Å². The second kappa shape index (κ2) is 9.26. The Morgan fingerprint density at radius 3 is 2.38 bits per heavy atom. The van der Waals surface area contributed by atoms with E-state index < -0.39 is 11.8 Å². The monoisotopic (exact) mass is 468 g/mol. The lowest BCUT2D eigenvalue weighted by Gasteiger charge is -2.21. The molecule has 0 aliphatic heterocycles. The van der Waals surface area contributed by atoms with Crippen LogP contribution in [0.1, 0.15) is 44.4 Å². The van der Waals surface area contributed by atoms with E-state index in [0.717, 1.165) is 27.7 Å². The number of carbonyl (C=O) groups excluding carboxylic acids is 1. The van der Waals surface area contributed by atoms with Gasteiger partial charge in [-0.15, -0.1) is 0 Å². The molecule has 0 radical (unpaired) electrons. The summed E-state index contributed by atoms with van der Waals surface area (Å²) in [5, 5.41) is 0. The fourth-order valence-corrected chi connectivity index (χ4v) is 2.96. The molecule has 0 N–H and O–H groups in total. The molecule has 26 heavy (non-hydrogen) atoms. The Morgan fingerprint density at radius 2 is 1.81 bits per heavy atom. The summed E-state index contributed by atoms with van der Waals surface area (Å²) in [5.74, 6) is 1.22. The van der Waals surface area contributed by atoms with Crippen molar-refractivity contribution in [1.82, 2.24) is 0 Å². The Balaban J connectivity index is 2.09. The Bertz CT molecular complexity index is 723. The van der Waals surface area contributed by atoms with Crippen molar-refractivity contribution in [3.63, 3.8) is 0 Å². The summed E-state index contributed by atoms with van der Waals surface area (Å²) in [4.78, 5) is 11.8. The van der Waals surface area contributed by atoms with Crippen LogP contribution < -0.4 is 9.47 Å². The summed E-state index contributed by atoms with van der Waals surface area (Å²) >= 11 is 2.36. The second-order valence-corrected chi connectivity index (χ2v) is 8.07. The van der Waals surface area contributed by atoms with Gasteiger partial charge in [0.15, 0.2) is 0 Å². The van der Waals surface area contributed by atoms with E-state index in [1.54, 1.807) is 32.9 Å². The molecule has 4 nitrogen and oxygen atoms in total. The molecule has 0 saturated heterocycles. The van der Waals surface area contributed by atoms with E-state index in [2.05, 4.69) is 34.7 Å². The predicted molar refractivity (Wildman–Crippen MR) is 111 cm³/mol. The van der Waals surface area contributed by atoms with Gasteiger partial charge in [0.25, 0.3) is 0 Å². The van der Waals surface area contributed by atoms with Crippen molar-refractivity contribution in [1.29, 1.82) is 0 Å². The van der Waals surface area contributed by atoms with Gasteiger partial charge in [-0.2, -0.15) is 0 Å². The molecule has 2 aromatic rings. The van der Waals surface area contributed by atoms with Gasteiger partial charge >= 0.3 is 6.16 Å². The molecule has 0 unspecified atom stereocenters. The third-order valence-corrected chi connectivity index (χ3v) is 4.17. The largest absolute Gasteiger partial charge is 0.514 e. The van der Waals surface area contributed by atoms with Gasteiger partial charge in [0.1, 0.15) is 23.2 Å². The molecule has 0 heterocycles. The number of hydrogen-bond acceptors (Lipinski definition) is 4. The summed E-state index contributed by atoms with van der Waals surface area (Å²) in [7, 11) is 0. The molecule has 0 spiro atoms. The average molecular weight is 468 g/mol. The Labute approximate surface area is 169 Å². The van der Waals surface area contributed by atoms with E-state index in [4.69, 9.17) is 14.2 Å². The molecule has 1 atom stereocenters. The minimum Gasteiger partial charge on any atom is -0.485 e. The van der Waals surface area contributed by atoms with Crippen LogP contribution in [0.15, 0.2) is 48.5 Å². The Morgan fingerprint density at radius 1 is 1.12 bits per heavy atom. The van der Waals surface area contributed by atoms with Crippen LogP contribution in [0.2, 0.25) is 0 Å². The molecule has 0 aromatic heterocycles. The third kappa shape index (κ3) is 6.52. The van der Waals surface area contributed by atoms with E-state index in [0.29, 0.717) is 5.75 Å². The van der Waals surface area contributed by atoms with Crippen LogP contribution in [-0.4, -0.2) is 16.2 Å². The zero-order valence-corrected chi connectivity index (χ0v) is 17.8. The third-order valence-electron chi connectivity index (χ3n) is 3.55.